The molecule has 5 heteroatoms. The molecule has 1 fully saturated rings. The minimum atomic E-state index is -0.798. The van der Waals surface area contributed by atoms with E-state index in [1.54, 1.807) is 12.4 Å². The lowest BCUT2D eigenvalue weighted by Crippen LogP contribution is -2.45. The average molecular weight is 290 g/mol. The van der Waals surface area contributed by atoms with Crippen LogP contribution in [0.3, 0.4) is 0 Å². The van der Waals surface area contributed by atoms with E-state index in [-0.39, 0.29) is 24.3 Å². The lowest BCUT2D eigenvalue weighted by Gasteiger charge is -2.37. The molecule has 5 nitrogen and oxygen atoms in total. The molecular formula is C16H22N2O3. The molecule has 1 amide bonds. The van der Waals surface area contributed by atoms with Crippen LogP contribution in [0.4, 0.5) is 0 Å². The van der Waals surface area contributed by atoms with Crippen LogP contribution in [0.25, 0.3) is 0 Å². The molecule has 1 aliphatic rings. The molecule has 1 aromatic rings. The third-order valence-electron chi connectivity index (χ3n) is 4.16. The number of likely N-dealkylation sites (tertiary alicyclic amines) is 1. The molecule has 0 aliphatic carbocycles. The van der Waals surface area contributed by atoms with Gasteiger partial charge in [-0.1, -0.05) is 6.07 Å². The highest BCUT2D eigenvalue weighted by atomic mass is 16.4. The van der Waals surface area contributed by atoms with Gasteiger partial charge in [-0.15, -0.1) is 0 Å². The van der Waals surface area contributed by atoms with Gasteiger partial charge < -0.3 is 10.0 Å². The van der Waals surface area contributed by atoms with Gasteiger partial charge >= 0.3 is 5.97 Å². The van der Waals surface area contributed by atoms with Crippen LogP contribution in [0.5, 0.6) is 0 Å². The third-order valence-corrected chi connectivity index (χ3v) is 4.16. The first-order chi connectivity index (χ1) is 10.1. The lowest BCUT2D eigenvalue weighted by molar-refractivity contribution is -0.140. The first-order valence-electron chi connectivity index (χ1n) is 7.52. The van der Waals surface area contributed by atoms with Gasteiger partial charge in [-0.05, 0) is 44.2 Å². The molecule has 0 aromatic carbocycles. The third kappa shape index (κ3) is 4.03. The van der Waals surface area contributed by atoms with Gasteiger partial charge in [0.1, 0.15) is 0 Å². The number of carboxylic acids is 1. The van der Waals surface area contributed by atoms with Crippen molar-refractivity contribution in [1.29, 1.82) is 0 Å². The van der Waals surface area contributed by atoms with E-state index >= 15 is 0 Å². The van der Waals surface area contributed by atoms with Crippen molar-refractivity contribution in [1.82, 2.24) is 9.88 Å². The number of carboxylic acid groups (broad SMARTS) is 1. The molecule has 21 heavy (non-hydrogen) atoms. The van der Waals surface area contributed by atoms with Crippen molar-refractivity contribution in [2.24, 2.45) is 0 Å². The fourth-order valence-electron chi connectivity index (χ4n) is 2.90. The fraction of sp³-hybridized carbons (Fsp3) is 0.562. The smallest absolute Gasteiger partial charge is 0.303 e. The minimum Gasteiger partial charge on any atom is -0.481 e. The van der Waals surface area contributed by atoms with Crippen molar-refractivity contribution in [2.75, 3.05) is 6.54 Å². The van der Waals surface area contributed by atoms with E-state index < -0.39 is 5.97 Å². The van der Waals surface area contributed by atoms with Crippen LogP contribution in [-0.2, 0) is 9.59 Å². The second-order valence-electron chi connectivity index (χ2n) is 5.62. The van der Waals surface area contributed by atoms with Crippen molar-refractivity contribution in [3.63, 3.8) is 0 Å². The highest BCUT2D eigenvalue weighted by Crippen LogP contribution is 2.26. The number of hydrogen-bond acceptors (Lipinski definition) is 3. The van der Waals surface area contributed by atoms with Crippen LogP contribution < -0.4 is 0 Å². The van der Waals surface area contributed by atoms with Gasteiger partial charge in [-0.3, -0.25) is 14.6 Å². The van der Waals surface area contributed by atoms with E-state index in [0.717, 1.165) is 31.4 Å². The van der Waals surface area contributed by atoms with Crippen LogP contribution in [-0.4, -0.2) is 39.5 Å². The molecule has 2 heterocycles. The van der Waals surface area contributed by atoms with E-state index in [1.165, 1.54) is 0 Å². The molecule has 114 valence electrons. The summed E-state index contributed by atoms with van der Waals surface area (Å²) in [6.07, 6.45) is 7.04. The number of amides is 1. The van der Waals surface area contributed by atoms with Gasteiger partial charge in [0.2, 0.25) is 5.91 Å². The van der Waals surface area contributed by atoms with Gasteiger partial charge in [-0.25, -0.2) is 0 Å². The number of aromatic nitrogens is 1. The molecule has 2 rings (SSSR count). The SMILES string of the molecule is CC(C(=O)N1CCCCC1CCC(=O)O)c1cccnc1. The van der Waals surface area contributed by atoms with Crippen molar-refractivity contribution in [3.8, 4) is 0 Å². The molecule has 2 atom stereocenters. The zero-order valence-corrected chi connectivity index (χ0v) is 12.4. The number of carbonyl (C=O) groups is 2. The van der Waals surface area contributed by atoms with Crippen LogP contribution in [0.1, 0.15) is 50.5 Å². The second kappa shape index (κ2) is 7.20. The minimum absolute atomic E-state index is 0.0569. The molecule has 0 spiro atoms. The number of nitrogens with zero attached hydrogens (tertiary/aromatic N) is 2. The Morgan fingerprint density at radius 2 is 2.29 bits per heavy atom. The first kappa shape index (κ1) is 15.5. The van der Waals surface area contributed by atoms with E-state index in [9.17, 15) is 9.59 Å². The Kier molecular flexibility index (Phi) is 5.31. The topological polar surface area (TPSA) is 70.5 Å². The maximum absolute atomic E-state index is 12.7. The Balaban J connectivity index is 2.05. The Labute approximate surface area is 125 Å². The zero-order valence-electron chi connectivity index (χ0n) is 12.4. The summed E-state index contributed by atoms with van der Waals surface area (Å²) in [5.74, 6) is -0.949. The summed E-state index contributed by atoms with van der Waals surface area (Å²) in [6, 6.07) is 3.80. The number of rotatable bonds is 5. The zero-order chi connectivity index (χ0) is 15.2. The average Bonchev–Trinajstić information content (AvgIpc) is 2.52. The monoisotopic (exact) mass is 290 g/mol. The van der Waals surface area contributed by atoms with Crippen molar-refractivity contribution in [2.45, 2.75) is 51.0 Å². The lowest BCUT2D eigenvalue weighted by atomic mass is 9.94. The molecule has 0 bridgehead atoms. The fourth-order valence-corrected chi connectivity index (χ4v) is 2.90. The summed E-state index contributed by atoms with van der Waals surface area (Å²) in [5, 5.41) is 8.84. The summed E-state index contributed by atoms with van der Waals surface area (Å²) in [4.78, 5) is 29.4. The number of aliphatic carboxylic acids is 1. The molecule has 0 radical (unpaired) electrons. The van der Waals surface area contributed by atoms with E-state index in [4.69, 9.17) is 5.11 Å². The van der Waals surface area contributed by atoms with Crippen molar-refractivity contribution in [3.05, 3.63) is 30.1 Å². The van der Waals surface area contributed by atoms with Crippen LogP contribution in [0.2, 0.25) is 0 Å². The predicted molar refractivity (Wildman–Crippen MR) is 78.9 cm³/mol. The Bertz CT molecular complexity index is 490. The van der Waals surface area contributed by atoms with Gasteiger partial charge in [0, 0.05) is 31.4 Å². The summed E-state index contributed by atoms with van der Waals surface area (Å²) in [5.41, 5.74) is 0.907. The van der Waals surface area contributed by atoms with Gasteiger partial charge in [-0.2, -0.15) is 0 Å². The van der Waals surface area contributed by atoms with Crippen molar-refractivity contribution >= 4 is 11.9 Å². The maximum Gasteiger partial charge on any atom is 0.303 e. The number of piperidine rings is 1. The molecule has 1 aromatic heterocycles. The first-order valence-corrected chi connectivity index (χ1v) is 7.52. The van der Waals surface area contributed by atoms with Crippen molar-refractivity contribution < 1.29 is 14.7 Å². The number of hydrogen-bond donors (Lipinski definition) is 1. The van der Waals surface area contributed by atoms with Crippen LogP contribution in [0.15, 0.2) is 24.5 Å². The van der Waals surface area contributed by atoms with Gasteiger partial charge in [0.25, 0.3) is 0 Å². The van der Waals surface area contributed by atoms with Gasteiger partial charge in [0.05, 0.1) is 5.92 Å². The normalized spacial score (nSPS) is 20.0. The Morgan fingerprint density at radius 1 is 1.48 bits per heavy atom. The number of pyridine rings is 1. The van der Waals surface area contributed by atoms with Crippen LogP contribution >= 0.6 is 0 Å². The molecular weight excluding hydrogens is 268 g/mol. The van der Waals surface area contributed by atoms with E-state index in [2.05, 4.69) is 4.98 Å². The molecule has 1 N–H and O–H groups in total. The summed E-state index contributed by atoms with van der Waals surface area (Å²) >= 11 is 0. The largest absolute Gasteiger partial charge is 0.481 e. The maximum atomic E-state index is 12.7. The predicted octanol–water partition coefficient (Wildman–Crippen LogP) is 2.43. The second-order valence-corrected chi connectivity index (χ2v) is 5.62. The van der Waals surface area contributed by atoms with Gasteiger partial charge in [0.15, 0.2) is 0 Å². The van der Waals surface area contributed by atoms with E-state index in [0.29, 0.717) is 6.42 Å². The highest BCUT2D eigenvalue weighted by molar-refractivity contribution is 5.83. The van der Waals surface area contributed by atoms with Crippen LogP contribution in [0, 0.1) is 0 Å². The Morgan fingerprint density at radius 3 is 2.95 bits per heavy atom. The molecule has 1 aliphatic heterocycles. The summed E-state index contributed by atoms with van der Waals surface area (Å²) in [7, 11) is 0. The molecule has 2 unspecified atom stereocenters. The Hall–Kier alpha value is -1.91. The van der Waals surface area contributed by atoms with E-state index in [1.807, 2.05) is 24.0 Å². The quantitative estimate of drug-likeness (QED) is 0.904. The standard InChI is InChI=1S/C16H22N2O3/c1-12(13-5-4-9-17-11-13)16(21)18-10-3-2-6-14(18)7-8-15(19)20/h4-5,9,11-12,14H,2-3,6-8,10H2,1H3,(H,19,20). The summed E-state index contributed by atoms with van der Waals surface area (Å²) < 4.78 is 0. The number of carbonyl (C=O) groups excluding carboxylic acids is 1. The molecule has 0 saturated carbocycles. The summed E-state index contributed by atoms with van der Waals surface area (Å²) in [6.45, 7) is 2.62. The highest BCUT2D eigenvalue weighted by Gasteiger charge is 2.30. The molecule has 1 saturated heterocycles.